The molecule has 4 rings (SSSR count). The van der Waals surface area contributed by atoms with Gasteiger partial charge in [0.05, 0.1) is 19.1 Å². The van der Waals surface area contributed by atoms with Gasteiger partial charge in [0.2, 0.25) is 5.16 Å². The highest BCUT2D eigenvalue weighted by Crippen LogP contribution is 2.30. The van der Waals surface area contributed by atoms with Gasteiger partial charge in [0, 0.05) is 11.1 Å². The van der Waals surface area contributed by atoms with Gasteiger partial charge in [-0.1, -0.05) is 17.8 Å². The Balaban J connectivity index is 1.54. The van der Waals surface area contributed by atoms with E-state index in [4.69, 9.17) is 9.15 Å². The normalized spacial score (nSPS) is 11.0. The molecule has 3 aromatic heterocycles. The van der Waals surface area contributed by atoms with Crippen molar-refractivity contribution >= 4 is 23.1 Å². The maximum atomic E-state index is 5.44. The molecule has 0 atom stereocenters. The second-order valence-corrected chi connectivity index (χ2v) is 7.26. The summed E-state index contributed by atoms with van der Waals surface area (Å²) in [7, 11) is 1.64. The lowest BCUT2D eigenvalue weighted by atomic mass is 10.2. The molecule has 0 saturated carbocycles. The molecule has 3 heterocycles. The average molecular weight is 385 g/mol. The van der Waals surface area contributed by atoms with E-state index in [0.29, 0.717) is 10.9 Å². The number of hydrogen-bond acceptors (Lipinski definition) is 8. The number of methoxy groups -OCH3 is 1. The van der Waals surface area contributed by atoms with Crippen molar-refractivity contribution in [3.63, 3.8) is 0 Å². The van der Waals surface area contributed by atoms with Crippen LogP contribution < -0.4 is 4.74 Å². The summed E-state index contributed by atoms with van der Waals surface area (Å²) in [6.07, 6.45) is 1.65. The van der Waals surface area contributed by atoms with E-state index in [0.717, 1.165) is 33.5 Å². The van der Waals surface area contributed by atoms with Crippen LogP contribution in [0.3, 0.4) is 0 Å². The number of ether oxygens (including phenoxy) is 1. The minimum Gasteiger partial charge on any atom is -0.494 e. The number of aryl methyl sites for hydroxylation is 1. The van der Waals surface area contributed by atoms with Crippen molar-refractivity contribution in [2.45, 2.75) is 17.8 Å². The van der Waals surface area contributed by atoms with Gasteiger partial charge in [0.25, 0.3) is 0 Å². The number of thioether (sulfide) groups is 1. The van der Waals surface area contributed by atoms with Gasteiger partial charge >= 0.3 is 0 Å². The third-order valence-electron chi connectivity index (χ3n) is 3.64. The molecule has 0 aliphatic rings. The average Bonchev–Trinajstić information content (AvgIpc) is 3.40. The Morgan fingerprint density at radius 1 is 1.31 bits per heavy atom. The number of hydrogen-bond donors (Lipinski definition) is 0. The molecule has 0 aliphatic heterocycles. The fourth-order valence-electron chi connectivity index (χ4n) is 2.41. The monoisotopic (exact) mass is 385 g/mol. The van der Waals surface area contributed by atoms with Crippen molar-refractivity contribution in [2.24, 2.45) is 0 Å². The van der Waals surface area contributed by atoms with Crippen molar-refractivity contribution in [1.29, 1.82) is 0 Å². The summed E-state index contributed by atoms with van der Waals surface area (Å²) in [6, 6.07) is 9.66. The van der Waals surface area contributed by atoms with Gasteiger partial charge < -0.3 is 9.15 Å². The van der Waals surface area contributed by atoms with Gasteiger partial charge in [-0.15, -0.1) is 16.4 Å². The summed E-state index contributed by atoms with van der Waals surface area (Å²) in [5, 5.41) is 15.6. The quantitative estimate of drug-likeness (QED) is 0.464. The molecular formula is C17H15N5O2S2. The molecule has 0 bridgehead atoms. The molecule has 26 heavy (non-hydrogen) atoms. The number of thiazole rings is 1. The Morgan fingerprint density at radius 2 is 2.23 bits per heavy atom. The largest absolute Gasteiger partial charge is 0.494 e. The summed E-state index contributed by atoms with van der Waals surface area (Å²) >= 11 is 3.08. The summed E-state index contributed by atoms with van der Waals surface area (Å²) < 4.78 is 12.5. The van der Waals surface area contributed by atoms with E-state index in [1.807, 2.05) is 42.6 Å². The predicted octanol–water partition coefficient (Wildman–Crippen LogP) is 3.99. The first-order chi connectivity index (χ1) is 12.7. The van der Waals surface area contributed by atoms with Crippen LogP contribution in [-0.4, -0.2) is 32.3 Å². The van der Waals surface area contributed by atoms with E-state index >= 15 is 0 Å². The number of benzene rings is 1. The summed E-state index contributed by atoms with van der Waals surface area (Å²) in [6.45, 7) is 2.02. The highest BCUT2D eigenvalue weighted by Gasteiger charge is 2.15. The van der Waals surface area contributed by atoms with Gasteiger partial charge in [-0.05, 0) is 47.2 Å². The van der Waals surface area contributed by atoms with Crippen LogP contribution in [0.5, 0.6) is 5.75 Å². The fourth-order valence-corrected chi connectivity index (χ4v) is 4.08. The zero-order valence-corrected chi connectivity index (χ0v) is 15.8. The first-order valence-corrected chi connectivity index (χ1v) is 9.65. The Morgan fingerprint density at radius 3 is 3.04 bits per heavy atom. The molecule has 0 N–H and O–H groups in total. The molecule has 0 unspecified atom stereocenters. The third-order valence-corrected chi connectivity index (χ3v) is 5.49. The third kappa shape index (κ3) is 3.35. The maximum absolute atomic E-state index is 5.44. The first kappa shape index (κ1) is 16.8. The van der Waals surface area contributed by atoms with E-state index in [1.165, 1.54) is 11.8 Å². The molecular weight excluding hydrogens is 370 g/mol. The second-order valence-electron chi connectivity index (χ2n) is 5.46. The maximum Gasteiger partial charge on any atom is 0.214 e. The topological polar surface area (TPSA) is 78.9 Å². The first-order valence-electron chi connectivity index (χ1n) is 7.79. The molecule has 7 nitrogen and oxygen atoms in total. The second kappa shape index (κ2) is 7.30. The lowest BCUT2D eigenvalue weighted by Gasteiger charge is -2.10. The Kier molecular flexibility index (Phi) is 4.72. The summed E-state index contributed by atoms with van der Waals surface area (Å²) in [5.74, 6) is 2.16. The minimum atomic E-state index is 0.658. The predicted molar refractivity (Wildman–Crippen MR) is 99.8 cm³/mol. The van der Waals surface area contributed by atoms with Gasteiger partial charge in [-0.3, -0.25) is 0 Å². The Hall–Kier alpha value is -2.65. The van der Waals surface area contributed by atoms with Crippen molar-refractivity contribution in [1.82, 2.24) is 25.2 Å². The Labute approximate surface area is 158 Å². The molecule has 0 fully saturated rings. The lowest BCUT2D eigenvalue weighted by molar-refractivity contribution is 0.410. The zero-order chi connectivity index (χ0) is 17.9. The van der Waals surface area contributed by atoms with E-state index < -0.39 is 0 Å². The van der Waals surface area contributed by atoms with Crippen LogP contribution in [0.4, 0.5) is 0 Å². The van der Waals surface area contributed by atoms with Crippen molar-refractivity contribution in [3.8, 4) is 22.2 Å². The fraction of sp³-hybridized carbons (Fsp3) is 0.176. The van der Waals surface area contributed by atoms with Crippen molar-refractivity contribution in [2.75, 3.05) is 7.11 Å². The van der Waals surface area contributed by atoms with Gasteiger partial charge in [0.1, 0.15) is 11.4 Å². The van der Waals surface area contributed by atoms with Gasteiger partial charge in [-0.25, -0.2) is 4.98 Å². The van der Waals surface area contributed by atoms with Gasteiger partial charge in [0.15, 0.2) is 10.8 Å². The standard InChI is InChI=1S/C17H15N5O2S2/c1-11-5-6-14(23-2)13(8-11)22-17(19-20-21-22)26-10-12-9-25-16(18-12)15-4-3-7-24-15/h3-9H,10H2,1-2H3. The van der Waals surface area contributed by atoms with E-state index in [2.05, 4.69) is 20.5 Å². The smallest absolute Gasteiger partial charge is 0.214 e. The molecule has 132 valence electrons. The summed E-state index contributed by atoms with van der Waals surface area (Å²) in [5.41, 5.74) is 2.88. The van der Waals surface area contributed by atoms with Crippen LogP contribution in [0.1, 0.15) is 11.3 Å². The molecule has 0 spiro atoms. The minimum absolute atomic E-state index is 0.658. The van der Waals surface area contributed by atoms with Crippen LogP contribution in [0.15, 0.2) is 51.5 Å². The number of nitrogens with zero attached hydrogens (tertiary/aromatic N) is 5. The van der Waals surface area contributed by atoms with Crippen LogP contribution in [0, 0.1) is 6.92 Å². The van der Waals surface area contributed by atoms with E-state index in [9.17, 15) is 0 Å². The number of rotatable bonds is 6. The summed E-state index contributed by atoms with van der Waals surface area (Å²) in [4.78, 5) is 4.60. The van der Waals surface area contributed by atoms with Crippen LogP contribution in [-0.2, 0) is 5.75 Å². The van der Waals surface area contributed by atoms with Crippen LogP contribution in [0.2, 0.25) is 0 Å². The zero-order valence-electron chi connectivity index (χ0n) is 14.1. The number of furan rings is 1. The molecule has 0 aliphatic carbocycles. The Bertz CT molecular complexity index is 1010. The van der Waals surface area contributed by atoms with Crippen LogP contribution in [0.25, 0.3) is 16.5 Å². The van der Waals surface area contributed by atoms with E-state index in [1.54, 1.807) is 29.4 Å². The number of aromatic nitrogens is 5. The number of tetrazole rings is 1. The SMILES string of the molecule is COc1ccc(C)cc1-n1nnnc1SCc1csc(-c2ccco2)n1. The molecule has 0 saturated heterocycles. The van der Waals surface area contributed by atoms with Gasteiger partial charge in [-0.2, -0.15) is 4.68 Å². The van der Waals surface area contributed by atoms with Crippen molar-refractivity contribution in [3.05, 3.63) is 53.2 Å². The highest BCUT2D eigenvalue weighted by atomic mass is 32.2. The molecule has 9 heteroatoms. The lowest BCUT2D eigenvalue weighted by Crippen LogP contribution is -2.02. The molecule has 0 amide bonds. The van der Waals surface area contributed by atoms with Crippen molar-refractivity contribution < 1.29 is 9.15 Å². The molecule has 1 aromatic carbocycles. The molecule has 0 radical (unpaired) electrons. The van der Waals surface area contributed by atoms with Crippen LogP contribution >= 0.6 is 23.1 Å². The highest BCUT2D eigenvalue weighted by molar-refractivity contribution is 7.98. The van der Waals surface area contributed by atoms with E-state index in [-0.39, 0.29) is 0 Å². The molecule has 4 aromatic rings.